The Morgan fingerprint density at radius 1 is 1.82 bits per heavy atom. The van der Waals surface area contributed by atoms with E-state index in [0.717, 1.165) is 0 Å². The van der Waals surface area contributed by atoms with E-state index in [4.69, 9.17) is 9.84 Å². The zero-order valence-corrected chi connectivity index (χ0v) is 5.82. The lowest BCUT2D eigenvalue weighted by molar-refractivity contribution is -0.140. The van der Waals surface area contributed by atoms with Crippen LogP contribution in [0.15, 0.2) is 12.2 Å². The smallest absolute Gasteiger partial charge is 0.306 e. The van der Waals surface area contributed by atoms with Crippen LogP contribution in [-0.2, 0) is 14.3 Å². The first-order valence-corrected chi connectivity index (χ1v) is 3.23. The monoisotopic (exact) mass is 156 g/mol. The molecule has 1 unspecified atom stereocenters. The van der Waals surface area contributed by atoms with Crippen molar-refractivity contribution in [2.24, 2.45) is 0 Å². The zero-order chi connectivity index (χ0) is 8.27. The SMILES string of the molecule is O=C(O)CC1C=CC(=O)CO1. The molecule has 11 heavy (non-hydrogen) atoms. The average Bonchev–Trinajstić information content (AvgIpc) is 1.93. The maximum absolute atomic E-state index is 10.5. The molecule has 0 spiro atoms. The fourth-order valence-electron chi connectivity index (χ4n) is 0.807. The topological polar surface area (TPSA) is 63.6 Å². The lowest BCUT2D eigenvalue weighted by Crippen LogP contribution is -2.23. The zero-order valence-electron chi connectivity index (χ0n) is 5.82. The summed E-state index contributed by atoms with van der Waals surface area (Å²) in [5, 5.41) is 8.33. The first-order chi connectivity index (χ1) is 5.18. The summed E-state index contributed by atoms with van der Waals surface area (Å²) >= 11 is 0. The van der Waals surface area contributed by atoms with Crippen LogP contribution < -0.4 is 0 Å². The van der Waals surface area contributed by atoms with Gasteiger partial charge in [-0.1, -0.05) is 6.08 Å². The molecule has 60 valence electrons. The van der Waals surface area contributed by atoms with Gasteiger partial charge in [0, 0.05) is 0 Å². The van der Waals surface area contributed by atoms with E-state index in [1.807, 2.05) is 0 Å². The van der Waals surface area contributed by atoms with Crippen molar-refractivity contribution in [1.82, 2.24) is 0 Å². The molecule has 1 aliphatic rings. The Morgan fingerprint density at radius 2 is 2.55 bits per heavy atom. The van der Waals surface area contributed by atoms with Crippen molar-refractivity contribution in [2.45, 2.75) is 12.5 Å². The first kappa shape index (κ1) is 7.94. The van der Waals surface area contributed by atoms with Crippen molar-refractivity contribution < 1.29 is 19.4 Å². The second-order valence-electron chi connectivity index (χ2n) is 2.27. The average molecular weight is 156 g/mol. The lowest BCUT2D eigenvalue weighted by atomic mass is 10.2. The molecule has 0 aromatic rings. The van der Waals surface area contributed by atoms with Crippen molar-refractivity contribution >= 4 is 11.8 Å². The third-order valence-electron chi connectivity index (χ3n) is 1.31. The van der Waals surface area contributed by atoms with Crippen molar-refractivity contribution in [1.29, 1.82) is 0 Å². The molecule has 1 rings (SSSR count). The Labute approximate surface area is 63.5 Å². The van der Waals surface area contributed by atoms with E-state index in [9.17, 15) is 9.59 Å². The van der Waals surface area contributed by atoms with Gasteiger partial charge in [0.25, 0.3) is 0 Å². The number of rotatable bonds is 2. The Bertz CT molecular complexity index is 206. The molecule has 1 heterocycles. The second-order valence-corrected chi connectivity index (χ2v) is 2.27. The van der Waals surface area contributed by atoms with Crippen molar-refractivity contribution in [3.8, 4) is 0 Å². The van der Waals surface area contributed by atoms with Crippen LogP contribution in [0.25, 0.3) is 0 Å². The summed E-state index contributed by atoms with van der Waals surface area (Å²) in [7, 11) is 0. The maximum Gasteiger partial charge on any atom is 0.306 e. The Kier molecular flexibility index (Phi) is 2.38. The summed E-state index contributed by atoms with van der Waals surface area (Å²) in [4.78, 5) is 20.7. The molecule has 0 aromatic carbocycles. The van der Waals surface area contributed by atoms with Crippen LogP contribution in [0, 0.1) is 0 Å². The molecule has 1 N–H and O–H groups in total. The maximum atomic E-state index is 10.5. The van der Waals surface area contributed by atoms with Crippen LogP contribution in [0.5, 0.6) is 0 Å². The van der Waals surface area contributed by atoms with Crippen LogP contribution in [0.4, 0.5) is 0 Å². The van der Waals surface area contributed by atoms with Gasteiger partial charge in [-0.2, -0.15) is 0 Å². The molecule has 0 bridgehead atoms. The summed E-state index contributed by atoms with van der Waals surface area (Å²) < 4.78 is 4.88. The van der Waals surface area contributed by atoms with Gasteiger partial charge in [0.15, 0.2) is 5.78 Å². The quantitative estimate of drug-likeness (QED) is 0.610. The molecular weight excluding hydrogens is 148 g/mol. The minimum absolute atomic E-state index is 0.00551. The highest BCUT2D eigenvalue weighted by Gasteiger charge is 2.15. The van der Waals surface area contributed by atoms with Gasteiger partial charge < -0.3 is 9.84 Å². The fraction of sp³-hybridized carbons (Fsp3) is 0.429. The number of carbonyl (C=O) groups is 2. The number of carbonyl (C=O) groups excluding carboxylic acids is 1. The van der Waals surface area contributed by atoms with Gasteiger partial charge in [0.2, 0.25) is 0 Å². The van der Waals surface area contributed by atoms with Gasteiger partial charge in [-0.05, 0) is 6.08 Å². The fourth-order valence-corrected chi connectivity index (χ4v) is 0.807. The summed E-state index contributed by atoms with van der Waals surface area (Å²) in [6.07, 6.45) is 2.31. The second kappa shape index (κ2) is 3.30. The predicted molar refractivity (Wildman–Crippen MR) is 36.1 cm³/mol. The number of ketones is 1. The van der Waals surface area contributed by atoms with Crippen LogP contribution >= 0.6 is 0 Å². The van der Waals surface area contributed by atoms with E-state index in [2.05, 4.69) is 0 Å². The Morgan fingerprint density at radius 3 is 3.00 bits per heavy atom. The molecule has 1 atom stereocenters. The van der Waals surface area contributed by atoms with Crippen LogP contribution in [-0.4, -0.2) is 29.6 Å². The molecule has 0 saturated heterocycles. The molecule has 0 radical (unpaired) electrons. The summed E-state index contributed by atoms with van der Waals surface area (Å²) in [5.74, 6) is -1.04. The normalized spacial score (nSPS) is 23.6. The molecule has 0 aliphatic carbocycles. The standard InChI is InChI=1S/C7H8O4/c8-5-1-2-6(11-4-5)3-7(9)10/h1-2,6H,3-4H2,(H,9,10). The van der Waals surface area contributed by atoms with Gasteiger partial charge in [-0.25, -0.2) is 0 Å². The lowest BCUT2D eigenvalue weighted by Gasteiger charge is -2.13. The van der Waals surface area contributed by atoms with Crippen LogP contribution in [0.3, 0.4) is 0 Å². The van der Waals surface area contributed by atoms with Gasteiger partial charge in [0.1, 0.15) is 6.61 Å². The number of carboxylic acids is 1. The number of hydrogen-bond acceptors (Lipinski definition) is 3. The summed E-state index contributed by atoms with van der Waals surface area (Å²) in [6, 6.07) is 0. The number of ether oxygens (including phenoxy) is 1. The largest absolute Gasteiger partial charge is 0.481 e. The molecule has 0 amide bonds. The summed E-state index contributed by atoms with van der Waals surface area (Å²) in [5.41, 5.74) is 0. The van der Waals surface area contributed by atoms with E-state index < -0.39 is 12.1 Å². The van der Waals surface area contributed by atoms with Gasteiger partial charge in [-0.3, -0.25) is 9.59 Å². The molecule has 0 aromatic heterocycles. The van der Waals surface area contributed by atoms with Crippen LogP contribution in [0.1, 0.15) is 6.42 Å². The minimum Gasteiger partial charge on any atom is -0.481 e. The number of aliphatic carboxylic acids is 1. The highest BCUT2D eigenvalue weighted by atomic mass is 16.5. The molecule has 0 fully saturated rings. The van der Waals surface area contributed by atoms with Crippen molar-refractivity contribution in [2.75, 3.05) is 6.61 Å². The third-order valence-corrected chi connectivity index (χ3v) is 1.31. The van der Waals surface area contributed by atoms with Gasteiger partial charge in [0.05, 0.1) is 12.5 Å². The van der Waals surface area contributed by atoms with E-state index in [0.29, 0.717) is 0 Å². The Balaban J connectivity index is 2.44. The van der Waals surface area contributed by atoms with E-state index in [-0.39, 0.29) is 18.8 Å². The number of hydrogen-bond donors (Lipinski definition) is 1. The van der Waals surface area contributed by atoms with Crippen molar-refractivity contribution in [3.63, 3.8) is 0 Å². The molecule has 4 heteroatoms. The molecule has 1 aliphatic heterocycles. The molecule has 4 nitrogen and oxygen atoms in total. The first-order valence-electron chi connectivity index (χ1n) is 3.23. The molecule has 0 saturated carbocycles. The van der Waals surface area contributed by atoms with Crippen LogP contribution in [0.2, 0.25) is 0 Å². The summed E-state index contributed by atoms with van der Waals surface area (Å²) in [6.45, 7) is -0.00551. The van der Waals surface area contributed by atoms with E-state index >= 15 is 0 Å². The third kappa shape index (κ3) is 2.51. The minimum atomic E-state index is -0.922. The van der Waals surface area contributed by atoms with Gasteiger partial charge >= 0.3 is 5.97 Å². The highest BCUT2D eigenvalue weighted by Crippen LogP contribution is 2.05. The Hall–Kier alpha value is -1.16. The predicted octanol–water partition coefficient (Wildman–Crippen LogP) is -0.0148. The van der Waals surface area contributed by atoms with E-state index in [1.165, 1.54) is 12.2 Å². The van der Waals surface area contributed by atoms with Crippen molar-refractivity contribution in [3.05, 3.63) is 12.2 Å². The number of carboxylic acid groups (broad SMARTS) is 1. The highest BCUT2D eigenvalue weighted by molar-refractivity contribution is 5.91. The van der Waals surface area contributed by atoms with E-state index in [1.54, 1.807) is 0 Å². The van der Waals surface area contributed by atoms with Gasteiger partial charge in [-0.15, -0.1) is 0 Å². The molecular formula is C7H8O4.